The summed E-state index contributed by atoms with van der Waals surface area (Å²) in [7, 11) is 3.25. The van der Waals surface area contributed by atoms with Crippen molar-refractivity contribution in [3.8, 4) is 11.8 Å². The number of nitriles is 1. The van der Waals surface area contributed by atoms with E-state index in [0.717, 1.165) is 0 Å². The third kappa shape index (κ3) is 6.59. The predicted octanol–water partition coefficient (Wildman–Crippen LogP) is 1.23. The number of nitrogens with one attached hydrogen (secondary N) is 2. The molecule has 0 saturated heterocycles. The van der Waals surface area contributed by atoms with E-state index >= 15 is 0 Å². The number of ether oxygens (including phenoxy) is 1. The molecule has 0 aliphatic rings. The first-order valence-electron chi connectivity index (χ1n) is 9.11. The molecule has 0 spiro atoms. The number of carbonyl (C=O) groups excluding carboxylic acids is 2. The molecule has 29 heavy (non-hydrogen) atoms. The van der Waals surface area contributed by atoms with Gasteiger partial charge in [0.05, 0.1) is 32.3 Å². The number of benzene rings is 2. The molecule has 7 nitrogen and oxygen atoms in total. The second kappa shape index (κ2) is 10.8. The van der Waals surface area contributed by atoms with Gasteiger partial charge >= 0.3 is 0 Å². The number of para-hydroxylation sites is 2. The lowest BCUT2D eigenvalue weighted by Gasteiger charge is -2.24. The average molecular weight is 399 g/mol. The Kier molecular flexibility index (Phi) is 8.12. The number of halogens is 1. The van der Waals surface area contributed by atoms with Gasteiger partial charge in [-0.25, -0.2) is 4.39 Å². The van der Waals surface area contributed by atoms with Crippen LogP contribution in [0.25, 0.3) is 0 Å². The van der Waals surface area contributed by atoms with E-state index in [1.165, 1.54) is 36.3 Å². The van der Waals surface area contributed by atoms with Gasteiger partial charge in [0.1, 0.15) is 11.6 Å². The molecule has 2 rings (SSSR count). The van der Waals surface area contributed by atoms with Gasteiger partial charge in [-0.1, -0.05) is 12.1 Å². The molecule has 152 valence electrons. The standard InChI is InChI=1S/C21H23FN4O3/c1-25(14-20(27)24-17-10-8-16(22)9-11-17)15-21(28)26(13-5-12-23)18-6-3-4-7-19(18)29-2/h3-4,6-11H,5,13-15H2,1-2H3,(H,24,27)/p+1. The summed E-state index contributed by atoms with van der Waals surface area (Å²) in [6.45, 7) is 0.339. The van der Waals surface area contributed by atoms with Gasteiger partial charge < -0.3 is 19.9 Å². The summed E-state index contributed by atoms with van der Waals surface area (Å²) in [5.74, 6) is -0.366. The Hall–Kier alpha value is -3.44. The zero-order valence-corrected chi connectivity index (χ0v) is 16.4. The highest BCUT2D eigenvalue weighted by Gasteiger charge is 2.23. The minimum absolute atomic E-state index is 0.0559. The molecule has 0 saturated carbocycles. The van der Waals surface area contributed by atoms with Crippen LogP contribution < -0.4 is 19.9 Å². The van der Waals surface area contributed by atoms with Crippen molar-refractivity contribution < 1.29 is 23.6 Å². The lowest BCUT2D eigenvalue weighted by Crippen LogP contribution is -3.11. The molecular formula is C21H24FN4O3+. The van der Waals surface area contributed by atoms with Crippen molar-refractivity contribution in [2.45, 2.75) is 6.42 Å². The molecule has 1 unspecified atom stereocenters. The van der Waals surface area contributed by atoms with Crippen molar-refractivity contribution >= 4 is 23.2 Å². The fourth-order valence-electron chi connectivity index (χ4n) is 2.82. The van der Waals surface area contributed by atoms with Gasteiger partial charge in [0.15, 0.2) is 13.1 Å². The number of nitrogens with zero attached hydrogens (tertiary/aromatic N) is 2. The highest BCUT2D eigenvalue weighted by molar-refractivity contribution is 5.96. The molecular weight excluding hydrogens is 375 g/mol. The van der Waals surface area contributed by atoms with Gasteiger partial charge in [-0.3, -0.25) is 9.59 Å². The van der Waals surface area contributed by atoms with Crippen LogP contribution in [0.2, 0.25) is 0 Å². The monoisotopic (exact) mass is 399 g/mol. The van der Waals surface area contributed by atoms with Crippen LogP contribution in [-0.2, 0) is 9.59 Å². The number of hydrogen-bond donors (Lipinski definition) is 2. The van der Waals surface area contributed by atoms with E-state index < -0.39 is 0 Å². The molecule has 8 heteroatoms. The van der Waals surface area contributed by atoms with Crippen LogP contribution >= 0.6 is 0 Å². The number of quaternary nitrogens is 1. The number of rotatable bonds is 9. The normalized spacial score (nSPS) is 11.2. The van der Waals surface area contributed by atoms with Gasteiger partial charge in [0.2, 0.25) is 0 Å². The zero-order chi connectivity index (χ0) is 21.2. The third-order valence-corrected chi connectivity index (χ3v) is 4.17. The summed E-state index contributed by atoms with van der Waals surface area (Å²) < 4.78 is 18.3. The van der Waals surface area contributed by atoms with Crippen molar-refractivity contribution in [3.63, 3.8) is 0 Å². The van der Waals surface area contributed by atoms with Crippen LogP contribution in [0.5, 0.6) is 5.75 Å². The molecule has 1 atom stereocenters. The number of likely N-dealkylation sites (N-methyl/N-ethyl adjacent to an activating group) is 1. The molecule has 2 aromatic rings. The van der Waals surface area contributed by atoms with Crippen LogP contribution in [-0.4, -0.2) is 45.6 Å². The Labute approximate surface area is 169 Å². The maximum absolute atomic E-state index is 12.9. The Morgan fingerprint density at radius 2 is 1.86 bits per heavy atom. The largest absolute Gasteiger partial charge is 0.495 e. The first-order chi connectivity index (χ1) is 13.9. The summed E-state index contributed by atoms with van der Waals surface area (Å²) in [4.78, 5) is 27.2. The van der Waals surface area contributed by atoms with E-state index in [-0.39, 0.29) is 43.7 Å². The van der Waals surface area contributed by atoms with Gasteiger partial charge in [0, 0.05) is 12.2 Å². The molecule has 0 aliphatic carbocycles. The molecule has 0 bridgehead atoms. The Morgan fingerprint density at radius 3 is 2.52 bits per heavy atom. The minimum Gasteiger partial charge on any atom is -0.495 e. The molecule has 0 aliphatic heterocycles. The van der Waals surface area contributed by atoms with Crippen LogP contribution in [0.15, 0.2) is 48.5 Å². The maximum atomic E-state index is 12.9. The van der Waals surface area contributed by atoms with Crippen LogP contribution in [0, 0.1) is 17.1 Å². The van der Waals surface area contributed by atoms with E-state index in [4.69, 9.17) is 10.00 Å². The van der Waals surface area contributed by atoms with Crippen molar-refractivity contribution in [2.75, 3.05) is 44.0 Å². The minimum atomic E-state index is -0.384. The second-order valence-corrected chi connectivity index (χ2v) is 6.49. The van der Waals surface area contributed by atoms with Gasteiger partial charge in [-0.15, -0.1) is 0 Å². The summed E-state index contributed by atoms with van der Waals surface area (Å²) in [5, 5.41) is 11.6. The number of carbonyl (C=O) groups is 2. The second-order valence-electron chi connectivity index (χ2n) is 6.49. The first kappa shape index (κ1) is 21.9. The zero-order valence-electron chi connectivity index (χ0n) is 16.4. The molecule has 0 radical (unpaired) electrons. The van der Waals surface area contributed by atoms with Gasteiger partial charge in [-0.2, -0.15) is 5.26 Å². The van der Waals surface area contributed by atoms with Gasteiger partial charge in [0.25, 0.3) is 11.8 Å². The van der Waals surface area contributed by atoms with Gasteiger partial charge in [-0.05, 0) is 36.4 Å². The lowest BCUT2D eigenvalue weighted by atomic mass is 10.2. The van der Waals surface area contributed by atoms with Crippen molar-refractivity contribution in [3.05, 3.63) is 54.3 Å². The van der Waals surface area contributed by atoms with Crippen LogP contribution in [0.4, 0.5) is 15.8 Å². The Morgan fingerprint density at radius 1 is 1.17 bits per heavy atom. The smallest absolute Gasteiger partial charge is 0.282 e. The quantitative estimate of drug-likeness (QED) is 0.664. The molecule has 0 heterocycles. The SMILES string of the molecule is COc1ccccc1N(CCC#N)C(=O)C[NH+](C)CC(=O)Nc1ccc(F)cc1. The Bertz CT molecular complexity index is 880. The van der Waals surface area contributed by atoms with Crippen LogP contribution in [0.1, 0.15) is 6.42 Å². The number of methoxy groups -OCH3 is 1. The number of amides is 2. The third-order valence-electron chi connectivity index (χ3n) is 4.17. The van der Waals surface area contributed by atoms with E-state index in [1.807, 2.05) is 6.07 Å². The predicted molar refractivity (Wildman–Crippen MR) is 107 cm³/mol. The van der Waals surface area contributed by atoms with Crippen LogP contribution in [0.3, 0.4) is 0 Å². The number of anilines is 2. The average Bonchev–Trinajstić information content (AvgIpc) is 2.70. The highest BCUT2D eigenvalue weighted by atomic mass is 19.1. The maximum Gasteiger partial charge on any atom is 0.282 e. The summed E-state index contributed by atoms with van der Waals surface area (Å²) in [6, 6.07) is 14.6. The topological polar surface area (TPSA) is 86.9 Å². The molecule has 0 aromatic heterocycles. The number of hydrogen-bond acceptors (Lipinski definition) is 4. The molecule has 2 N–H and O–H groups in total. The van der Waals surface area contributed by atoms with E-state index in [0.29, 0.717) is 22.0 Å². The molecule has 0 fully saturated rings. The van der Waals surface area contributed by atoms with E-state index in [1.54, 1.807) is 31.3 Å². The van der Waals surface area contributed by atoms with Crippen molar-refractivity contribution in [2.24, 2.45) is 0 Å². The van der Waals surface area contributed by atoms with E-state index in [2.05, 4.69) is 5.32 Å². The molecule has 2 amide bonds. The van der Waals surface area contributed by atoms with Crippen molar-refractivity contribution in [1.29, 1.82) is 5.26 Å². The summed E-state index contributed by atoms with van der Waals surface area (Å²) in [5.41, 5.74) is 1.07. The summed E-state index contributed by atoms with van der Waals surface area (Å²) in [6.07, 6.45) is 0.174. The fourth-order valence-corrected chi connectivity index (χ4v) is 2.82. The highest BCUT2D eigenvalue weighted by Crippen LogP contribution is 2.27. The fraction of sp³-hybridized carbons (Fsp3) is 0.286. The lowest BCUT2D eigenvalue weighted by molar-refractivity contribution is -0.862. The van der Waals surface area contributed by atoms with Crippen molar-refractivity contribution in [1.82, 2.24) is 0 Å². The first-order valence-corrected chi connectivity index (χ1v) is 9.11. The summed E-state index contributed by atoms with van der Waals surface area (Å²) >= 11 is 0. The molecule has 2 aromatic carbocycles. The van der Waals surface area contributed by atoms with E-state index in [9.17, 15) is 14.0 Å². The Balaban J connectivity index is 2.01.